The Morgan fingerprint density at radius 1 is 1.24 bits per heavy atom. The van der Waals surface area contributed by atoms with Gasteiger partial charge in [0.15, 0.2) is 0 Å². The summed E-state index contributed by atoms with van der Waals surface area (Å²) in [6.45, 7) is 2.07. The molecular formula is C17H18N2O2. The first-order chi connectivity index (χ1) is 10.2. The standard InChI is InChI=1S/C17H18N2O2/c1-11-6-7-13-12(9-11)10-15(21-13)16(18-2)17-14(20-3)5-4-8-19-17/h4-10,16,18H,1-3H3. The Hall–Kier alpha value is -2.33. The number of fused-ring (bicyclic) bond motifs is 1. The van der Waals surface area contributed by atoms with Gasteiger partial charge in [0.1, 0.15) is 28.8 Å². The van der Waals surface area contributed by atoms with Gasteiger partial charge in [-0.2, -0.15) is 0 Å². The molecule has 0 radical (unpaired) electrons. The largest absolute Gasteiger partial charge is 0.495 e. The molecule has 0 amide bonds. The van der Waals surface area contributed by atoms with Crippen molar-refractivity contribution in [2.75, 3.05) is 14.2 Å². The van der Waals surface area contributed by atoms with Gasteiger partial charge in [-0.15, -0.1) is 0 Å². The van der Waals surface area contributed by atoms with E-state index in [9.17, 15) is 0 Å². The summed E-state index contributed by atoms with van der Waals surface area (Å²) in [5.41, 5.74) is 2.91. The van der Waals surface area contributed by atoms with Gasteiger partial charge in [-0.05, 0) is 44.3 Å². The molecule has 21 heavy (non-hydrogen) atoms. The van der Waals surface area contributed by atoms with Crippen LogP contribution < -0.4 is 10.1 Å². The van der Waals surface area contributed by atoms with E-state index in [1.165, 1.54) is 5.56 Å². The van der Waals surface area contributed by atoms with Gasteiger partial charge in [-0.3, -0.25) is 4.98 Å². The van der Waals surface area contributed by atoms with Crippen LogP contribution >= 0.6 is 0 Å². The molecule has 0 aliphatic rings. The number of nitrogens with zero attached hydrogens (tertiary/aromatic N) is 1. The van der Waals surface area contributed by atoms with Crippen molar-refractivity contribution in [1.29, 1.82) is 0 Å². The van der Waals surface area contributed by atoms with Crippen molar-refractivity contribution >= 4 is 11.0 Å². The molecule has 1 N–H and O–H groups in total. The fraction of sp³-hybridized carbons (Fsp3) is 0.235. The van der Waals surface area contributed by atoms with Gasteiger partial charge >= 0.3 is 0 Å². The summed E-state index contributed by atoms with van der Waals surface area (Å²) in [5.74, 6) is 1.57. The third-order valence-electron chi connectivity index (χ3n) is 3.56. The summed E-state index contributed by atoms with van der Waals surface area (Å²) in [4.78, 5) is 4.44. The molecule has 1 unspecified atom stereocenters. The number of nitrogens with one attached hydrogen (secondary N) is 1. The van der Waals surface area contributed by atoms with Gasteiger partial charge in [0, 0.05) is 11.6 Å². The number of aromatic nitrogens is 1. The highest BCUT2D eigenvalue weighted by molar-refractivity contribution is 5.79. The van der Waals surface area contributed by atoms with E-state index in [4.69, 9.17) is 9.15 Å². The molecule has 0 aliphatic heterocycles. The van der Waals surface area contributed by atoms with Crippen LogP contribution in [0.5, 0.6) is 5.75 Å². The molecule has 0 spiro atoms. The average Bonchev–Trinajstić information content (AvgIpc) is 2.91. The second-order valence-corrected chi connectivity index (χ2v) is 5.00. The Morgan fingerprint density at radius 2 is 2.10 bits per heavy atom. The number of benzene rings is 1. The highest BCUT2D eigenvalue weighted by atomic mass is 16.5. The summed E-state index contributed by atoms with van der Waals surface area (Å²) < 4.78 is 11.4. The van der Waals surface area contributed by atoms with E-state index in [1.54, 1.807) is 13.3 Å². The van der Waals surface area contributed by atoms with E-state index in [-0.39, 0.29) is 6.04 Å². The molecule has 3 aromatic rings. The van der Waals surface area contributed by atoms with Crippen molar-refractivity contribution in [2.45, 2.75) is 13.0 Å². The minimum atomic E-state index is -0.145. The normalized spacial score (nSPS) is 12.5. The zero-order valence-electron chi connectivity index (χ0n) is 12.4. The number of hydrogen-bond donors (Lipinski definition) is 1. The molecule has 108 valence electrons. The van der Waals surface area contributed by atoms with Crippen molar-refractivity contribution in [3.63, 3.8) is 0 Å². The summed E-state index contributed by atoms with van der Waals surface area (Å²) in [5, 5.41) is 4.35. The molecule has 3 rings (SSSR count). The van der Waals surface area contributed by atoms with Crippen LogP contribution in [0.1, 0.15) is 23.1 Å². The second-order valence-electron chi connectivity index (χ2n) is 5.00. The molecule has 0 saturated heterocycles. The SMILES string of the molecule is CNC(c1cc2cc(C)ccc2o1)c1ncccc1OC. The topological polar surface area (TPSA) is 47.3 Å². The first kappa shape index (κ1) is 13.6. The Balaban J connectivity index is 2.09. The smallest absolute Gasteiger partial charge is 0.142 e. The molecule has 1 aromatic carbocycles. The van der Waals surface area contributed by atoms with E-state index in [2.05, 4.69) is 29.4 Å². The number of hydrogen-bond acceptors (Lipinski definition) is 4. The van der Waals surface area contributed by atoms with Crippen LogP contribution in [-0.2, 0) is 0 Å². The maximum atomic E-state index is 5.97. The lowest BCUT2D eigenvalue weighted by Crippen LogP contribution is -2.19. The van der Waals surface area contributed by atoms with Crippen molar-refractivity contribution in [1.82, 2.24) is 10.3 Å². The third-order valence-corrected chi connectivity index (χ3v) is 3.56. The Labute approximate surface area is 123 Å². The monoisotopic (exact) mass is 282 g/mol. The number of aryl methyl sites for hydroxylation is 1. The van der Waals surface area contributed by atoms with Crippen LogP contribution in [0, 0.1) is 6.92 Å². The highest BCUT2D eigenvalue weighted by Gasteiger charge is 2.21. The molecule has 4 nitrogen and oxygen atoms in total. The van der Waals surface area contributed by atoms with Gasteiger partial charge in [-0.25, -0.2) is 0 Å². The average molecular weight is 282 g/mol. The lowest BCUT2D eigenvalue weighted by Gasteiger charge is -2.15. The lowest BCUT2D eigenvalue weighted by molar-refractivity contribution is 0.394. The first-order valence-electron chi connectivity index (χ1n) is 6.89. The summed E-state index contributed by atoms with van der Waals surface area (Å²) in [7, 11) is 3.53. The minimum absolute atomic E-state index is 0.145. The number of furan rings is 1. The van der Waals surface area contributed by atoms with Gasteiger partial charge in [0.2, 0.25) is 0 Å². The molecule has 2 heterocycles. The first-order valence-corrected chi connectivity index (χ1v) is 6.89. The number of rotatable bonds is 4. The van der Waals surface area contributed by atoms with Gasteiger partial charge in [0.25, 0.3) is 0 Å². The fourth-order valence-corrected chi connectivity index (χ4v) is 2.53. The fourth-order valence-electron chi connectivity index (χ4n) is 2.53. The van der Waals surface area contributed by atoms with Crippen LogP contribution in [0.4, 0.5) is 0 Å². The molecule has 0 fully saturated rings. The van der Waals surface area contributed by atoms with Gasteiger partial charge in [-0.1, -0.05) is 11.6 Å². The van der Waals surface area contributed by atoms with Crippen molar-refractivity contribution in [3.05, 3.63) is 59.6 Å². The van der Waals surface area contributed by atoms with Crippen LogP contribution in [0.2, 0.25) is 0 Å². The molecule has 1 atom stereocenters. The van der Waals surface area contributed by atoms with Crippen LogP contribution in [0.25, 0.3) is 11.0 Å². The van der Waals surface area contributed by atoms with E-state index in [0.717, 1.165) is 28.2 Å². The number of ether oxygens (including phenoxy) is 1. The predicted molar refractivity (Wildman–Crippen MR) is 82.6 cm³/mol. The van der Waals surface area contributed by atoms with E-state index in [0.29, 0.717) is 0 Å². The molecule has 0 saturated carbocycles. The molecular weight excluding hydrogens is 264 g/mol. The van der Waals surface area contributed by atoms with Gasteiger partial charge in [0.05, 0.1) is 7.11 Å². The molecule has 4 heteroatoms. The second kappa shape index (κ2) is 5.58. The Bertz CT molecular complexity index is 764. The van der Waals surface area contributed by atoms with Crippen LogP contribution in [0.15, 0.2) is 47.0 Å². The lowest BCUT2D eigenvalue weighted by atomic mass is 10.1. The van der Waals surface area contributed by atoms with Crippen molar-refractivity contribution < 1.29 is 9.15 Å². The summed E-state index contributed by atoms with van der Waals surface area (Å²) in [6.07, 6.45) is 1.76. The number of pyridine rings is 1. The third kappa shape index (κ3) is 2.50. The molecule has 0 bridgehead atoms. The number of methoxy groups -OCH3 is 1. The van der Waals surface area contributed by atoms with E-state index < -0.39 is 0 Å². The maximum absolute atomic E-state index is 5.97. The van der Waals surface area contributed by atoms with Crippen molar-refractivity contribution in [3.8, 4) is 5.75 Å². The summed E-state index contributed by atoms with van der Waals surface area (Å²) >= 11 is 0. The maximum Gasteiger partial charge on any atom is 0.142 e. The quantitative estimate of drug-likeness (QED) is 0.796. The minimum Gasteiger partial charge on any atom is -0.495 e. The van der Waals surface area contributed by atoms with E-state index in [1.807, 2.05) is 31.3 Å². The molecule has 0 aliphatic carbocycles. The van der Waals surface area contributed by atoms with Crippen molar-refractivity contribution in [2.24, 2.45) is 0 Å². The van der Waals surface area contributed by atoms with E-state index >= 15 is 0 Å². The molecule has 2 aromatic heterocycles. The van der Waals surface area contributed by atoms with Crippen LogP contribution in [-0.4, -0.2) is 19.1 Å². The zero-order valence-corrected chi connectivity index (χ0v) is 12.4. The highest BCUT2D eigenvalue weighted by Crippen LogP contribution is 2.31. The Kier molecular flexibility index (Phi) is 3.62. The van der Waals surface area contributed by atoms with Crippen LogP contribution in [0.3, 0.4) is 0 Å². The summed E-state index contributed by atoms with van der Waals surface area (Å²) in [6, 6.07) is 11.8. The Morgan fingerprint density at radius 3 is 2.86 bits per heavy atom. The predicted octanol–water partition coefficient (Wildman–Crippen LogP) is 3.45. The zero-order chi connectivity index (χ0) is 14.8. The van der Waals surface area contributed by atoms with Gasteiger partial charge < -0.3 is 14.5 Å².